The third-order valence-electron chi connectivity index (χ3n) is 5.32. The van der Waals surface area contributed by atoms with Crippen LogP contribution in [0.15, 0.2) is 0 Å². The summed E-state index contributed by atoms with van der Waals surface area (Å²) in [5.74, 6) is 0.816. The van der Waals surface area contributed by atoms with Gasteiger partial charge in [-0.05, 0) is 57.4 Å². The van der Waals surface area contributed by atoms with Crippen molar-refractivity contribution in [3.63, 3.8) is 0 Å². The molecule has 1 unspecified atom stereocenters. The molecule has 2 aliphatic rings. The Bertz CT molecular complexity index is 238. The Morgan fingerprint density at radius 3 is 2.12 bits per heavy atom. The summed E-state index contributed by atoms with van der Waals surface area (Å²) in [5, 5.41) is 0. The zero-order valence-electron chi connectivity index (χ0n) is 12.3. The Morgan fingerprint density at radius 1 is 0.941 bits per heavy atom. The van der Waals surface area contributed by atoms with Gasteiger partial charge in [-0.1, -0.05) is 33.1 Å². The van der Waals surface area contributed by atoms with Crippen LogP contribution in [-0.4, -0.2) is 23.5 Å². The van der Waals surface area contributed by atoms with E-state index in [4.69, 9.17) is 0 Å². The lowest BCUT2D eigenvalue weighted by atomic mass is 9.65. The van der Waals surface area contributed by atoms with Gasteiger partial charge in [0, 0.05) is 12.1 Å². The van der Waals surface area contributed by atoms with Gasteiger partial charge in [0.15, 0.2) is 0 Å². The van der Waals surface area contributed by atoms with Crippen molar-refractivity contribution in [3.05, 3.63) is 0 Å². The fourth-order valence-corrected chi connectivity index (χ4v) is 4.21. The molecule has 1 saturated carbocycles. The molecular formula is C16H31N. The molecule has 100 valence electrons. The minimum Gasteiger partial charge on any atom is -0.298 e. The fourth-order valence-electron chi connectivity index (χ4n) is 4.21. The molecule has 0 N–H and O–H groups in total. The van der Waals surface area contributed by atoms with Gasteiger partial charge in [0.25, 0.3) is 0 Å². The van der Waals surface area contributed by atoms with Crippen LogP contribution in [0.3, 0.4) is 0 Å². The monoisotopic (exact) mass is 237 g/mol. The second-order valence-corrected chi connectivity index (χ2v) is 7.16. The van der Waals surface area contributed by atoms with Gasteiger partial charge >= 0.3 is 0 Å². The summed E-state index contributed by atoms with van der Waals surface area (Å²) in [6.45, 7) is 10.9. The van der Waals surface area contributed by atoms with Gasteiger partial charge in [-0.3, -0.25) is 4.90 Å². The first-order valence-electron chi connectivity index (χ1n) is 7.80. The molecule has 2 rings (SSSR count). The molecule has 1 atom stereocenters. The van der Waals surface area contributed by atoms with Crippen molar-refractivity contribution in [2.45, 2.75) is 84.7 Å². The third kappa shape index (κ3) is 2.86. The van der Waals surface area contributed by atoms with E-state index in [1.807, 2.05) is 0 Å². The zero-order chi connectivity index (χ0) is 12.5. The summed E-state index contributed by atoms with van der Waals surface area (Å²) in [5.41, 5.74) is 0.735. The highest BCUT2D eigenvalue weighted by Crippen LogP contribution is 2.47. The second-order valence-electron chi connectivity index (χ2n) is 7.16. The minimum absolute atomic E-state index is 0.725. The quantitative estimate of drug-likeness (QED) is 0.685. The van der Waals surface area contributed by atoms with Crippen LogP contribution in [0, 0.1) is 11.3 Å². The lowest BCUT2D eigenvalue weighted by Crippen LogP contribution is -2.52. The normalized spacial score (nSPS) is 30.4. The van der Waals surface area contributed by atoms with E-state index in [0.29, 0.717) is 0 Å². The number of likely N-dealkylation sites (tertiary alicyclic amines) is 1. The average Bonchev–Trinajstić information content (AvgIpc) is 2.29. The van der Waals surface area contributed by atoms with Crippen molar-refractivity contribution < 1.29 is 0 Å². The predicted octanol–water partition coefficient (Wildman–Crippen LogP) is 4.47. The van der Waals surface area contributed by atoms with E-state index in [1.54, 1.807) is 0 Å². The Balaban J connectivity index is 2.07. The molecule has 0 aromatic rings. The van der Waals surface area contributed by atoms with Crippen LogP contribution in [-0.2, 0) is 0 Å². The smallest absolute Gasteiger partial charge is 0.0126 e. The van der Waals surface area contributed by atoms with Crippen LogP contribution in [0.1, 0.15) is 72.6 Å². The van der Waals surface area contributed by atoms with Gasteiger partial charge in [-0.25, -0.2) is 0 Å². The van der Waals surface area contributed by atoms with Crippen molar-refractivity contribution >= 4 is 0 Å². The molecule has 1 saturated heterocycles. The molecule has 1 nitrogen and oxygen atoms in total. The number of hydrogen-bond acceptors (Lipinski definition) is 1. The van der Waals surface area contributed by atoms with E-state index in [0.717, 1.165) is 23.4 Å². The van der Waals surface area contributed by atoms with Crippen LogP contribution in [0.5, 0.6) is 0 Å². The molecule has 0 aromatic heterocycles. The maximum absolute atomic E-state index is 2.77. The molecule has 0 aromatic carbocycles. The van der Waals surface area contributed by atoms with Crippen molar-refractivity contribution in [3.8, 4) is 0 Å². The van der Waals surface area contributed by atoms with Gasteiger partial charge in [-0.2, -0.15) is 0 Å². The van der Waals surface area contributed by atoms with E-state index in [9.17, 15) is 0 Å². The van der Waals surface area contributed by atoms with E-state index >= 15 is 0 Å². The number of hydrogen-bond donors (Lipinski definition) is 0. The second kappa shape index (κ2) is 5.30. The SMILES string of the molecule is CC(C)C1CC2(CCCCC2)CCN1C(C)C. The highest BCUT2D eigenvalue weighted by molar-refractivity contribution is 4.95. The molecule has 0 radical (unpaired) electrons. The van der Waals surface area contributed by atoms with Gasteiger partial charge in [0.1, 0.15) is 0 Å². The largest absolute Gasteiger partial charge is 0.298 e. The van der Waals surface area contributed by atoms with Crippen molar-refractivity contribution in [1.29, 1.82) is 0 Å². The van der Waals surface area contributed by atoms with E-state index in [2.05, 4.69) is 32.6 Å². The Labute approximate surface area is 108 Å². The lowest BCUT2D eigenvalue weighted by Gasteiger charge is -2.51. The van der Waals surface area contributed by atoms with Crippen LogP contribution in [0.4, 0.5) is 0 Å². The fraction of sp³-hybridized carbons (Fsp3) is 1.00. The Morgan fingerprint density at radius 2 is 1.59 bits per heavy atom. The zero-order valence-corrected chi connectivity index (χ0v) is 12.3. The summed E-state index contributed by atoms with van der Waals surface area (Å²) >= 11 is 0. The average molecular weight is 237 g/mol. The van der Waals surface area contributed by atoms with Gasteiger partial charge in [0.2, 0.25) is 0 Å². The molecule has 1 aliphatic heterocycles. The van der Waals surface area contributed by atoms with E-state index < -0.39 is 0 Å². The molecule has 0 amide bonds. The van der Waals surface area contributed by atoms with Gasteiger partial charge in [-0.15, -0.1) is 0 Å². The molecule has 1 aliphatic carbocycles. The molecule has 1 spiro atoms. The summed E-state index contributed by atoms with van der Waals surface area (Å²) in [7, 11) is 0. The summed E-state index contributed by atoms with van der Waals surface area (Å²) < 4.78 is 0. The summed E-state index contributed by atoms with van der Waals surface area (Å²) in [4.78, 5) is 2.77. The molecule has 1 heteroatoms. The summed E-state index contributed by atoms with van der Waals surface area (Å²) in [6.07, 6.45) is 10.4. The number of rotatable bonds is 2. The maximum atomic E-state index is 2.77. The lowest BCUT2D eigenvalue weighted by molar-refractivity contribution is -0.0112. The molecule has 1 heterocycles. The minimum atomic E-state index is 0.725. The van der Waals surface area contributed by atoms with Crippen LogP contribution in [0.2, 0.25) is 0 Å². The van der Waals surface area contributed by atoms with Crippen molar-refractivity contribution in [1.82, 2.24) is 4.90 Å². The van der Waals surface area contributed by atoms with E-state index in [1.165, 1.54) is 51.5 Å². The van der Waals surface area contributed by atoms with Crippen molar-refractivity contribution in [2.75, 3.05) is 6.54 Å². The van der Waals surface area contributed by atoms with Crippen LogP contribution < -0.4 is 0 Å². The first kappa shape index (κ1) is 13.4. The topological polar surface area (TPSA) is 3.24 Å². The summed E-state index contributed by atoms with van der Waals surface area (Å²) in [6, 6.07) is 1.56. The highest BCUT2D eigenvalue weighted by atomic mass is 15.2. The first-order valence-corrected chi connectivity index (χ1v) is 7.80. The number of nitrogens with zero attached hydrogens (tertiary/aromatic N) is 1. The standard InChI is InChI=1S/C16H31N/c1-13(2)15-12-16(8-6-5-7-9-16)10-11-17(15)14(3)4/h13-15H,5-12H2,1-4H3. The molecule has 17 heavy (non-hydrogen) atoms. The van der Waals surface area contributed by atoms with E-state index in [-0.39, 0.29) is 0 Å². The van der Waals surface area contributed by atoms with Gasteiger partial charge < -0.3 is 0 Å². The molecule has 2 fully saturated rings. The third-order valence-corrected chi connectivity index (χ3v) is 5.32. The molecular weight excluding hydrogens is 206 g/mol. The first-order chi connectivity index (χ1) is 8.04. The highest BCUT2D eigenvalue weighted by Gasteiger charge is 2.41. The van der Waals surface area contributed by atoms with Gasteiger partial charge in [0.05, 0.1) is 0 Å². The Hall–Kier alpha value is -0.0400. The van der Waals surface area contributed by atoms with Crippen LogP contribution >= 0.6 is 0 Å². The molecule has 0 bridgehead atoms. The van der Waals surface area contributed by atoms with Crippen LogP contribution in [0.25, 0.3) is 0 Å². The number of piperidine rings is 1. The Kier molecular flexibility index (Phi) is 4.18. The predicted molar refractivity (Wildman–Crippen MR) is 75.2 cm³/mol. The maximum Gasteiger partial charge on any atom is 0.0126 e. The van der Waals surface area contributed by atoms with Crippen molar-refractivity contribution in [2.24, 2.45) is 11.3 Å².